The third kappa shape index (κ3) is 3.75. The minimum Gasteiger partial charge on any atom is -0.322 e. The Labute approximate surface area is 133 Å². The summed E-state index contributed by atoms with van der Waals surface area (Å²) < 4.78 is 22.5. The number of carbonyl (C=O) groups is 1. The average molecular weight is 329 g/mol. The van der Waals surface area contributed by atoms with Crippen LogP contribution in [0.4, 0.5) is 5.69 Å². The summed E-state index contributed by atoms with van der Waals surface area (Å²) in [5, 5.41) is 10.5. The number of H-pyrrole nitrogens is 1. The highest BCUT2D eigenvalue weighted by molar-refractivity contribution is 7.89. The van der Waals surface area contributed by atoms with Crippen molar-refractivity contribution in [1.82, 2.24) is 10.2 Å². The van der Waals surface area contributed by atoms with Gasteiger partial charge in [0.25, 0.3) is 5.91 Å². The van der Waals surface area contributed by atoms with Crippen molar-refractivity contribution in [1.29, 1.82) is 0 Å². The summed E-state index contributed by atoms with van der Waals surface area (Å²) in [5.74, 6) is -0.287. The quantitative estimate of drug-likeness (QED) is 0.768. The smallest absolute Gasteiger partial charge is 0.255 e. The number of sulfone groups is 1. The molecular weight excluding hydrogens is 314 g/mol. The summed E-state index contributed by atoms with van der Waals surface area (Å²) in [7, 11) is -3.08. The molecule has 1 amide bonds. The number of aromatic nitrogens is 2. The molecule has 1 aromatic heterocycles. The summed E-state index contributed by atoms with van der Waals surface area (Å²) in [6.07, 6.45) is 2.87. The summed E-state index contributed by atoms with van der Waals surface area (Å²) in [4.78, 5) is 12.2. The van der Waals surface area contributed by atoms with Crippen LogP contribution in [0.5, 0.6) is 0 Å². The number of anilines is 1. The van der Waals surface area contributed by atoms with Crippen LogP contribution in [0.1, 0.15) is 15.9 Å². The molecule has 0 aliphatic heterocycles. The van der Waals surface area contributed by atoms with Gasteiger partial charge < -0.3 is 5.32 Å². The maximum atomic E-state index is 12.2. The number of amides is 1. The van der Waals surface area contributed by atoms with Crippen LogP contribution in [0.3, 0.4) is 0 Å². The Bertz CT molecular complexity index is 960. The lowest BCUT2D eigenvalue weighted by atomic mass is 10.1. The molecule has 0 saturated heterocycles. The Kier molecular flexibility index (Phi) is 3.87. The minimum atomic E-state index is -3.08. The second-order valence-corrected chi connectivity index (χ2v) is 7.53. The van der Waals surface area contributed by atoms with Gasteiger partial charge in [-0.3, -0.25) is 9.89 Å². The molecule has 6 nitrogen and oxygen atoms in total. The van der Waals surface area contributed by atoms with Gasteiger partial charge >= 0.3 is 0 Å². The van der Waals surface area contributed by atoms with E-state index in [1.807, 2.05) is 12.1 Å². The van der Waals surface area contributed by atoms with E-state index in [0.717, 1.165) is 10.9 Å². The highest BCUT2D eigenvalue weighted by atomic mass is 32.2. The number of aromatic amines is 1. The van der Waals surface area contributed by atoms with Crippen molar-refractivity contribution in [3.63, 3.8) is 0 Å². The van der Waals surface area contributed by atoms with Gasteiger partial charge in [-0.1, -0.05) is 12.1 Å². The summed E-state index contributed by atoms with van der Waals surface area (Å²) >= 11 is 0. The van der Waals surface area contributed by atoms with Crippen LogP contribution >= 0.6 is 0 Å². The SMILES string of the molecule is CS(=O)(=O)Cc1ccc(C(=O)Nc2ccc3[nH]ncc3c2)cc1. The maximum absolute atomic E-state index is 12.2. The fourth-order valence-corrected chi connectivity index (χ4v) is 3.08. The third-order valence-electron chi connectivity index (χ3n) is 3.34. The van der Waals surface area contributed by atoms with Crippen LogP contribution in [0.2, 0.25) is 0 Å². The molecule has 0 bridgehead atoms. The standard InChI is InChI=1S/C16H15N3O3S/c1-23(21,22)10-11-2-4-12(5-3-11)16(20)18-14-6-7-15-13(8-14)9-17-19-15/h2-9H,10H2,1H3,(H,17,19)(H,18,20). The Morgan fingerprint density at radius 3 is 2.61 bits per heavy atom. The lowest BCUT2D eigenvalue weighted by Crippen LogP contribution is -2.12. The molecular formula is C16H15N3O3S. The van der Waals surface area contributed by atoms with Gasteiger partial charge in [-0.25, -0.2) is 8.42 Å². The molecule has 0 fully saturated rings. The third-order valence-corrected chi connectivity index (χ3v) is 4.20. The maximum Gasteiger partial charge on any atom is 0.255 e. The zero-order valence-electron chi connectivity index (χ0n) is 12.4. The van der Waals surface area contributed by atoms with Gasteiger partial charge in [-0.05, 0) is 35.9 Å². The first-order valence-corrected chi connectivity index (χ1v) is 8.98. The second kappa shape index (κ2) is 5.85. The predicted octanol–water partition coefficient (Wildman–Crippen LogP) is 2.36. The predicted molar refractivity (Wildman–Crippen MR) is 89.0 cm³/mol. The van der Waals surface area contributed by atoms with Crippen molar-refractivity contribution in [2.75, 3.05) is 11.6 Å². The number of nitrogens with zero attached hydrogens (tertiary/aromatic N) is 1. The van der Waals surface area contributed by atoms with E-state index in [1.54, 1.807) is 36.5 Å². The van der Waals surface area contributed by atoms with Crippen LogP contribution in [0, 0.1) is 0 Å². The van der Waals surface area contributed by atoms with Crippen LogP contribution in [-0.2, 0) is 15.6 Å². The first-order chi connectivity index (χ1) is 10.9. The number of carbonyl (C=O) groups excluding carboxylic acids is 1. The number of benzene rings is 2. The van der Waals surface area contributed by atoms with Gasteiger partial charge in [0.15, 0.2) is 9.84 Å². The normalized spacial score (nSPS) is 11.5. The highest BCUT2D eigenvalue weighted by Gasteiger charge is 2.09. The first-order valence-electron chi connectivity index (χ1n) is 6.92. The summed E-state index contributed by atoms with van der Waals surface area (Å²) in [6.45, 7) is 0. The molecule has 0 saturated carbocycles. The van der Waals surface area contributed by atoms with Gasteiger partial charge in [0.1, 0.15) is 0 Å². The molecule has 7 heteroatoms. The number of fused-ring (bicyclic) bond motifs is 1. The molecule has 3 aromatic rings. The summed E-state index contributed by atoms with van der Waals surface area (Å²) in [5.41, 5.74) is 2.69. The van der Waals surface area contributed by atoms with Crippen LogP contribution < -0.4 is 5.32 Å². The van der Waals surface area contributed by atoms with Crippen LogP contribution in [0.25, 0.3) is 10.9 Å². The first kappa shape index (κ1) is 15.2. The van der Waals surface area contributed by atoms with E-state index < -0.39 is 9.84 Å². The Morgan fingerprint density at radius 1 is 1.17 bits per heavy atom. The Morgan fingerprint density at radius 2 is 1.91 bits per heavy atom. The van der Waals surface area contributed by atoms with Crippen molar-refractivity contribution >= 4 is 32.3 Å². The molecule has 118 valence electrons. The largest absolute Gasteiger partial charge is 0.322 e. The van der Waals surface area contributed by atoms with Gasteiger partial charge in [-0.15, -0.1) is 0 Å². The zero-order chi connectivity index (χ0) is 16.4. The minimum absolute atomic E-state index is 0.0357. The Balaban J connectivity index is 1.74. The lowest BCUT2D eigenvalue weighted by molar-refractivity contribution is 0.102. The highest BCUT2D eigenvalue weighted by Crippen LogP contribution is 2.17. The molecule has 0 aliphatic carbocycles. The molecule has 0 atom stereocenters. The van der Waals surface area contributed by atoms with Gasteiger partial charge in [-0.2, -0.15) is 5.10 Å². The molecule has 3 rings (SSSR count). The Hall–Kier alpha value is -2.67. The number of hydrogen-bond acceptors (Lipinski definition) is 4. The summed E-state index contributed by atoms with van der Waals surface area (Å²) in [6, 6.07) is 12.0. The van der Waals surface area contributed by atoms with Gasteiger partial charge in [0.2, 0.25) is 0 Å². The van der Waals surface area contributed by atoms with Crippen molar-refractivity contribution in [3.05, 3.63) is 59.8 Å². The van der Waals surface area contributed by atoms with E-state index in [4.69, 9.17) is 0 Å². The van der Waals surface area contributed by atoms with E-state index in [1.165, 1.54) is 6.26 Å². The lowest BCUT2D eigenvalue weighted by Gasteiger charge is -2.06. The van der Waals surface area contributed by atoms with E-state index in [2.05, 4.69) is 15.5 Å². The molecule has 0 aliphatic rings. The van der Waals surface area contributed by atoms with E-state index in [9.17, 15) is 13.2 Å². The topological polar surface area (TPSA) is 91.9 Å². The average Bonchev–Trinajstić information content (AvgIpc) is 2.94. The number of rotatable bonds is 4. The van der Waals surface area contributed by atoms with E-state index in [0.29, 0.717) is 16.8 Å². The van der Waals surface area contributed by atoms with Gasteiger partial charge in [0, 0.05) is 22.9 Å². The zero-order valence-corrected chi connectivity index (χ0v) is 13.2. The molecule has 2 N–H and O–H groups in total. The van der Waals surface area contributed by atoms with Crippen LogP contribution in [0.15, 0.2) is 48.7 Å². The fourth-order valence-electron chi connectivity index (χ4n) is 2.28. The number of hydrogen-bond donors (Lipinski definition) is 2. The van der Waals surface area contributed by atoms with Crippen molar-refractivity contribution in [3.8, 4) is 0 Å². The molecule has 2 aromatic carbocycles. The monoisotopic (exact) mass is 329 g/mol. The molecule has 0 radical (unpaired) electrons. The van der Waals surface area contributed by atoms with Crippen molar-refractivity contribution in [2.45, 2.75) is 5.75 Å². The number of nitrogens with one attached hydrogen (secondary N) is 2. The molecule has 1 heterocycles. The van der Waals surface area contributed by atoms with E-state index >= 15 is 0 Å². The molecule has 0 unspecified atom stereocenters. The van der Waals surface area contributed by atoms with E-state index in [-0.39, 0.29) is 11.7 Å². The van der Waals surface area contributed by atoms with Crippen molar-refractivity contribution < 1.29 is 13.2 Å². The second-order valence-electron chi connectivity index (χ2n) is 5.39. The van der Waals surface area contributed by atoms with Gasteiger partial charge in [0.05, 0.1) is 17.5 Å². The van der Waals surface area contributed by atoms with Crippen LogP contribution in [-0.4, -0.2) is 30.8 Å². The van der Waals surface area contributed by atoms with Crippen molar-refractivity contribution in [2.24, 2.45) is 0 Å². The molecule has 0 spiro atoms. The molecule has 23 heavy (non-hydrogen) atoms. The fraction of sp³-hybridized carbons (Fsp3) is 0.125.